The van der Waals surface area contributed by atoms with Gasteiger partial charge in [0.25, 0.3) is 0 Å². The molecule has 0 bridgehead atoms. The van der Waals surface area contributed by atoms with E-state index in [4.69, 9.17) is 0 Å². The second kappa shape index (κ2) is 14.1. The smallest absolute Gasteiger partial charge is 0.0885 e. The molecule has 0 N–H and O–H groups in total. The number of rotatable bonds is 2. The van der Waals surface area contributed by atoms with Crippen LogP contribution in [0.3, 0.4) is 0 Å². The van der Waals surface area contributed by atoms with Gasteiger partial charge in [-0.05, 0) is 31.4 Å². The van der Waals surface area contributed by atoms with Gasteiger partial charge in [-0.25, -0.2) is 0 Å². The van der Waals surface area contributed by atoms with Crippen LogP contribution in [0.1, 0.15) is 50.8 Å². The lowest BCUT2D eigenvalue weighted by molar-refractivity contribution is 1.20. The molecule has 0 atom stereocenters. The lowest BCUT2D eigenvalue weighted by Crippen LogP contribution is -1.83. The van der Waals surface area contributed by atoms with Gasteiger partial charge in [-0.1, -0.05) is 106 Å². The SMILES string of the molecule is CC.CC.Cc1ccc(-c2cnccn2)cc1.Cc1cccc(C2=CCC=C2)c1. The third kappa shape index (κ3) is 8.27. The topological polar surface area (TPSA) is 25.8 Å². The molecular formula is C27H34N2. The Hall–Kier alpha value is -3.00. The van der Waals surface area contributed by atoms with Gasteiger partial charge < -0.3 is 0 Å². The molecule has 0 fully saturated rings. The van der Waals surface area contributed by atoms with Crippen molar-refractivity contribution in [2.45, 2.75) is 48.0 Å². The van der Waals surface area contributed by atoms with Gasteiger partial charge in [0.05, 0.1) is 11.9 Å². The molecule has 4 rings (SSSR count). The minimum atomic E-state index is 0.919. The molecule has 2 nitrogen and oxygen atoms in total. The van der Waals surface area contributed by atoms with E-state index >= 15 is 0 Å². The van der Waals surface area contributed by atoms with Gasteiger partial charge in [-0.3, -0.25) is 9.97 Å². The van der Waals surface area contributed by atoms with Crippen LogP contribution in [0, 0.1) is 13.8 Å². The predicted molar refractivity (Wildman–Crippen MR) is 128 cm³/mol. The summed E-state index contributed by atoms with van der Waals surface area (Å²) in [7, 11) is 0. The van der Waals surface area contributed by atoms with E-state index in [0.29, 0.717) is 0 Å². The lowest BCUT2D eigenvalue weighted by atomic mass is 10.1. The fraction of sp³-hybridized carbons (Fsp3) is 0.259. The van der Waals surface area contributed by atoms with Crippen LogP contribution in [0.5, 0.6) is 0 Å². The van der Waals surface area contributed by atoms with Crippen LogP contribution in [0.15, 0.2) is 85.3 Å². The van der Waals surface area contributed by atoms with Crippen molar-refractivity contribution in [3.05, 3.63) is 102 Å². The van der Waals surface area contributed by atoms with Crippen molar-refractivity contribution < 1.29 is 0 Å². The van der Waals surface area contributed by atoms with E-state index in [1.165, 1.54) is 22.3 Å². The summed E-state index contributed by atoms with van der Waals surface area (Å²) in [5, 5.41) is 0. The maximum atomic E-state index is 4.22. The summed E-state index contributed by atoms with van der Waals surface area (Å²) in [6.07, 6.45) is 12.9. The first kappa shape index (κ1) is 24.0. The fourth-order valence-corrected chi connectivity index (χ4v) is 2.67. The lowest BCUT2D eigenvalue weighted by Gasteiger charge is -2.00. The monoisotopic (exact) mass is 386 g/mol. The molecule has 2 heteroatoms. The van der Waals surface area contributed by atoms with Gasteiger partial charge in [0, 0.05) is 18.0 Å². The minimum Gasteiger partial charge on any atom is -0.261 e. The quantitative estimate of drug-likeness (QED) is 0.448. The number of aryl methyl sites for hydroxylation is 2. The van der Waals surface area contributed by atoms with Crippen molar-refractivity contribution in [2.24, 2.45) is 0 Å². The standard InChI is InChI=1S/C12H12.C11H10N2.2C2H6/c1-10-5-4-8-12(9-10)11-6-2-3-7-11;1-9-2-4-10(5-3-9)11-8-12-6-7-13-11;2*1-2/h2,4-9H,3H2,1H3;2-8H,1H3;2*1-2H3. The number of aromatic nitrogens is 2. The largest absolute Gasteiger partial charge is 0.261 e. The van der Waals surface area contributed by atoms with E-state index < -0.39 is 0 Å². The van der Waals surface area contributed by atoms with Crippen molar-refractivity contribution in [3.8, 4) is 11.3 Å². The second-order valence-electron chi connectivity index (χ2n) is 6.12. The van der Waals surface area contributed by atoms with Crippen LogP contribution >= 0.6 is 0 Å². The molecule has 0 unspecified atom stereocenters. The van der Waals surface area contributed by atoms with Crippen molar-refractivity contribution in [3.63, 3.8) is 0 Å². The highest BCUT2D eigenvalue weighted by Gasteiger charge is 2.00. The van der Waals surface area contributed by atoms with Crippen molar-refractivity contribution >= 4 is 5.57 Å². The number of nitrogens with zero attached hydrogens (tertiary/aromatic N) is 2. The molecule has 0 saturated carbocycles. The zero-order valence-electron chi connectivity index (χ0n) is 18.7. The molecule has 1 aliphatic rings. The van der Waals surface area contributed by atoms with E-state index in [0.717, 1.165) is 17.7 Å². The first-order chi connectivity index (χ1) is 14.2. The van der Waals surface area contributed by atoms with Crippen LogP contribution in [-0.4, -0.2) is 9.97 Å². The summed E-state index contributed by atoms with van der Waals surface area (Å²) in [6.45, 7) is 12.2. The van der Waals surface area contributed by atoms with E-state index in [1.54, 1.807) is 18.6 Å². The molecule has 1 aromatic heterocycles. The molecule has 1 aliphatic carbocycles. The second-order valence-corrected chi connectivity index (χ2v) is 6.12. The average molecular weight is 387 g/mol. The molecule has 2 aromatic carbocycles. The van der Waals surface area contributed by atoms with Crippen LogP contribution < -0.4 is 0 Å². The van der Waals surface area contributed by atoms with Gasteiger partial charge in [0.2, 0.25) is 0 Å². The Kier molecular flexibility index (Phi) is 11.7. The van der Waals surface area contributed by atoms with Crippen molar-refractivity contribution in [1.82, 2.24) is 9.97 Å². The predicted octanol–water partition coefficient (Wildman–Crippen LogP) is 7.84. The minimum absolute atomic E-state index is 0.919. The van der Waals surface area contributed by atoms with Crippen LogP contribution in [0.4, 0.5) is 0 Å². The average Bonchev–Trinajstić information content (AvgIpc) is 3.33. The summed E-state index contributed by atoms with van der Waals surface area (Å²) >= 11 is 0. The van der Waals surface area contributed by atoms with Gasteiger partial charge in [-0.15, -0.1) is 0 Å². The number of benzene rings is 2. The number of hydrogen-bond donors (Lipinski definition) is 0. The van der Waals surface area contributed by atoms with Gasteiger partial charge in [0.1, 0.15) is 0 Å². The Morgan fingerprint density at radius 3 is 2.03 bits per heavy atom. The van der Waals surface area contributed by atoms with Crippen LogP contribution in [0.25, 0.3) is 16.8 Å². The first-order valence-electron chi connectivity index (χ1n) is 10.5. The molecule has 29 heavy (non-hydrogen) atoms. The van der Waals surface area contributed by atoms with E-state index in [2.05, 4.69) is 90.6 Å². The normalized spacial score (nSPS) is 11.0. The Labute approximate surface area is 177 Å². The Morgan fingerprint density at radius 1 is 0.759 bits per heavy atom. The molecule has 1 heterocycles. The van der Waals surface area contributed by atoms with E-state index in [1.807, 2.05) is 27.7 Å². The molecule has 0 amide bonds. The molecule has 0 radical (unpaired) electrons. The molecule has 0 saturated heterocycles. The molecule has 0 aliphatic heterocycles. The highest BCUT2D eigenvalue weighted by atomic mass is 14.8. The Morgan fingerprint density at radius 2 is 1.48 bits per heavy atom. The van der Waals surface area contributed by atoms with Crippen molar-refractivity contribution in [2.75, 3.05) is 0 Å². The van der Waals surface area contributed by atoms with Crippen molar-refractivity contribution in [1.29, 1.82) is 0 Å². The molecular weight excluding hydrogens is 352 g/mol. The summed E-state index contributed by atoms with van der Waals surface area (Å²) in [5.41, 5.74) is 7.31. The highest BCUT2D eigenvalue weighted by molar-refractivity contribution is 5.76. The van der Waals surface area contributed by atoms with E-state index in [9.17, 15) is 0 Å². The maximum absolute atomic E-state index is 4.22. The molecule has 152 valence electrons. The summed E-state index contributed by atoms with van der Waals surface area (Å²) < 4.78 is 0. The molecule has 3 aromatic rings. The zero-order chi connectivity index (χ0) is 21.5. The maximum Gasteiger partial charge on any atom is 0.0885 e. The zero-order valence-corrected chi connectivity index (χ0v) is 18.7. The molecule has 0 spiro atoms. The van der Waals surface area contributed by atoms with Crippen LogP contribution in [-0.2, 0) is 0 Å². The van der Waals surface area contributed by atoms with Crippen LogP contribution in [0.2, 0.25) is 0 Å². The summed E-state index contributed by atoms with van der Waals surface area (Å²) in [5.74, 6) is 0. The summed E-state index contributed by atoms with van der Waals surface area (Å²) in [4.78, 5) is 8.24. The summed E-state index contributed by atoms with van der Waals surface area (Å²) in [6, 6.07) is 16.9. The highest BCUT2D eigenvalue weighted by Crippen LogP contribution is 2.21. The third-order valence-electron chi connectivity index (χ3n) is 4.03. The first-order valence-corrected chi connectivity index (χ1v) is 10.5. The number of allylic oxidation sites excluding steroid dienone is 4. The van der Waals surface area contributed by atoms with Gasteiger partial charge in [-0.2, -0.15) is 0 Å². The Bertz CT molecular complexity index is 876. The number of hydrogen-bond acceptors (Lipinski definition) is 2. The van der Waals surface area contributed by atoms with E-state index in [-0.39, 0.29) is 0 Å². The fourth-order valence-electron chi connectivity index (χ4n) is 2.67. The third-order valence-corrected chi connectivity index (χ3v) is 4.03. The van der Waals surface area contributed by atoms with Gasteiger partial charge >= 0.3 is 0 Å². The Balaban J connectivity index is 0.000000248. The van der Waals surface area contributed by atoms with Gasteiger partial charge in [0.15, 0.2) is 0 Å².